The van der Waals surface area contributed by atoms with E-state index in [4.69, 9.17) is 0 Å². The Bertz CT molecular complexity index is 1190. The third kappa shape index (κ3) is 3.79. The Morgan fingerprint density at radius 2 is 1.79 bits per heavy atom. The van der Waals surface area contributed by atoms with Crippen LogP contribution in [0.3, 0.4) is 0 Å². The maximum Gasteiger partial charge on any atom is 0.269 e. The van der Waals surface area contributed by atoms with E-state index in [1.165, 1.54) is 22.5 Å². The van der Waals surface area contributed by atoms with Gasteiger partial charge in [0.2, 0.25) is 5.91 Å². The van der Waals surface area contributed by atoms with E-state index in [0.717, 1.165) is 5.69 Å². The quantitative estimate of drug-likeness (QED) is 0.393. The number of carbonyl (C=O) groups excluding carboxylic acids is 1. The van der Waals surface area contributed by atoms with Gasteiger partial charge in [0.15, 0.2) is 10.8 Å². The molecule has 7 nitrogen and oxygen atoms in total. The number of amides is 1. The van der Waals surface area contributed by atoms with Gasteiger partial charge in [-0.15, -0.1) is 0 Å². The highest BCUT2D eigenvalue weighted by Gasteiger charge is 2.18. The summed E-state index contributed by atoms with van der Waals surface area (Å²) in [4.78, 5) is 32.1. The van der Waals surface area contributed by atoms with Crippen LogP contribution in [0.25, 0.3) is 16.7 Å². The summed E-state index contributed by atoms with van der Waals surface area (Å²) in [5, 5.41) is 7.52. The predicted molar refractivity (Wildman–Crippen MR) is 115 cm³/mol. The van der Waals surface area contributed by atoms with E-state index in [2.05, 4.69) is 15.2 Å². The number of nitrogens with one attached hydrogen (secondary N) is 1. The molecular weight excluding hydrogens is 386 g/mol. The maximum atomic E-state index is 13.0. The Kier molecular flexibility index (Phi) is 5.44. The van der Waals surface area contributed by atoms with Crippen LogP contribution in [0.1, 0.15) is 6.92 Å². The molecule has 0 aliphatic heterocycles. The fourth-order valence-corrected chi connectivity index (χ4v) is 3.97. The van der Waals surface area contributed by atoms with E-state index in [0.29, 0.717) is 28.4 Å². The summed E-state index contributed by atoms with van der Waals surface area (Å²) in [6.45, 7) is 2.49. The largest absolute Gasteiger partial charge is 0.312 e. The van der Waals surface area contributed by atoms with Crippen molar-refractivity contribution < 1.29 is 4.79 Å². The Morgan fingerprint density at radius 3 is 2.48 bits per heavy atom. The van der Waals surface area contributed by atoms with Crippen LogP contribution in [0.2, 0.25) is 0 Å². The molecule has 8 heteroatoms. The third-order valence-corrected chi connectivity index (χ3v) is 5.40. The zero-order valence-electron chi connectivity index (χ0n) is 15.8. The second-order valence-electron chi connectivity index (χ2n) is 6.26. The molecule has 2 heterocycles. The monoisotopic (exact) mass is 405 g/mol. The van der Waals surface area contributed by atoms with Gasteiger partial charge in [0, 0.05) is 12.2 Å². The molecule has 146 valence electrons. The number of nitrogens with zero attached hydrogens (tertiary/aromatic N) is 4. The van der Waals surface area contributed by atoms with Crippen molar-refractivity contribution in [1.29, 1.82) is 0 Å². The van der Waals surface area contributed by atoms with Crippen molar-refractivity contribution in [3.8, 4) is 5.69 Å². The number of H-pyrrole nitrogens is 1. The van der Waals surface area contributed by atoms with Crippen LogP contribution in [-0.2, 0) is 4.79 Å². The zero-order chi connectivity index (χ0) is 20.2. The molecular formula is C21H19N5O2S. The van der Waals surface area contributed by atoms with Crippen molar-refractivity contribution in [1.82, 2.24) is 19.7 Å². The molecule has 0 aliphatic rings. The minimum atomic E-state index is -0.222. The van der Waals surface area contributed by atoms with Crippen LogP contribution in [0.15, 0.2) is 76.8 Å². The minimum absolute atomic E-state index is 0.0535. The lowest BCUT2D eigenvalue weighted by molar-refractivity contribution is -0.116. The lowest BCUT2D eigenvalue weighted by Crippen LogP contribution is -2.32. The number of carbonyl (C=O) groups is 1. The highest BCUT2D eigenvalue weighted by Crippen LogP contribution is 2.22. The Balaban J connectivity index is 1.67. The summed E-state index contributed by atoms with van der Waals surface area (Å²) >= 11 is 1.23. The van der Waals surface area contributed by atoms with E-state index >= 15 is 0 Å². The number of fused-ring (bicyclic) bond motifs is 1. The molecule has 0 saturated carbocycles. The van der Waals surface area contributed by atoms with E-state index < -0.39 is 0 Å². The summed E-state index contributed by atoms with van der Waals surface area (Å²) < 4.78 is 1.52. The predicted octanol–water partition coefficient (Wildman–Crippen LogP) is 3.25. The second-order valence-corrected chi connectivity index (χ2v) is 7.21. The molecule has 2 aromatic heterocycles. The van der Waals surface area contributed by atoms with Crippen molar-refractivity contribution in [2.45, 2.75) is 12.1 Å². The molecule has 4 rings (SSSR count). The molecule has 0 fully saturated rings. The molecule has 0 radical (unpaired) electrons. The van der Waals surface area contributed by atoms with Crippen LogP contribution in [0.4, 0.5) is 5.69 Å². The number of hydrogen-bond donors (Lipinski definition) is 1. The number of anilines is 1. The average Bonchev–Trinajstić information content (AvgIpc) is 3.23. The molecule has 0 atom stereocenters. The summed E-state index contributed by atoms with van der Waals surface area (Å²) in [6, 6.07) is 18.8. The van der Waals surface area contributed by atoms with E-state index in [9.17, 15) is 9.59 Å². The van der Waals surface area contributed by atoms with Crippen molar-refractivity contribution in [2.75, 3.05) is 17.2 Å². The molecule has 0 saturated heterocycles. The van der Waals surface area contributed by atoms with Gasteiger partial charge in [0.1, 0.15) is 5.39 Å². The number of aromatic amines is 1. The van der Waals surface area contributed by atoms with Gasteiger partial charge in [-0.25, -0.2) is 4.98 Å². The third-order valence-electron chi connectivity index (χ3n) is 4.48. The highest BCUT2D eigenvalue weighted by molar-refractivity contribution is 7.99. The zero-order valence-corrected chi connectivity index (χ0v) is 16.6. The fraction of sp³-hybridized carbons (Fsp3) is 0.143. The molecule has 1 N–H and O–H groups in total. The highest BCUT2D eigenvalue weighted by atomic mass is 32.2. The molecule has 1 amide bonds. The number of benzene rings is 2. The van der Waals surface area contributed by atoms with E-state index in [1.54, 1.807) is 4.90 Å². The Hall–Kier alpha value is -3.39. The first-order valence-electron chi connectivity index (χ1n) is 9.19. The molecule has 0 aliphatic carbocycles. The SMILES string of the molecule is CCN(C(=O)CSc1nc2[nH]ncc2c(=O)n1-c1ccccc1)c1ccccc1. The van der Waals surface area contributed by atoms with Crippen molar-refractivity contribution in [3.63, 3.8) is 0 Å². The average molecular weight is 405 g/mol. The van der Waals surface area contributed by atoms with E-state index in [-0.39, 0.29) is 17.2 Å². The van der Waals surface area contributed by atoms with Gasteiger partial charge in [-0.3, -0.25) is 19.3 Å². The van der Waals surface area contributed by atoms with Crippen molar-refractivity contribution >= 4 is 34.4 Å². The van der Waals surface area contributed by atoms with Gasteiger partial charge in [0.25, 0.3) is 5.56 Å². The molecule has 2 aromatic carbocycles. The standard InChI is InChI=1S/C21H19N5O2S/c1-2-25(15-9-5-3-6-10-15)18(27)14-29-21-23-19-17(13-22-24-19)20(28)26(21)16-11-7-4-8-12-16/h3-13H,2,14H2,1H3,(H,22,24). The number of rotatable bonds is 6. The molecule has 4 aromatic rings. The number of hydrogen-bond acceptors (Lipinski definition) is 5. The summed E-state index contributed by atoms with van der Waals surface area (Å²) in [6.07, 6.45) is 1.47. The number of para-hydroxylation sites is 2. The number of aromatic nitrogens is 4. The minimum Gasteiger partial charge on any atom is -0.312 e. The van der Waals surface area contributed by atoms with Crippen molar-refractivity contribution in [3.05, 3.63) is 77.2 Å². The Morgan fingerprint density at radius 1 is 1.10 bits per heavy atom. The first-order valence-corrected chi connectivity index (χ1v) is 10.2. The van der Waals surface area contributed by atoms with Crippen LogP contribution in [0, 0.1) is 0 Å². The summed E-state index contributed by atoms with van der Waals surface area (Å²) in [7, 11) is 0. The summed E-state index contributed by atoms with van der Waals surface area (Å²) in [5.41, 5.74) is 1.73. The second kappa shape index (κ2) is 8.32. The topological polar surface area (TPSA) is 83.9 Å². The number of thioether (sulfide) groups is 1. The molecule has 0 unspecified atom stereocenters. The van der Waals surface area contributed by atoms with Crippen molar-refractivity contribution in [2.24, 2.45) is 0 Å². The van der Waals surface area contributed by atoms with Gasteiger partial charge < -0.3 is 4.90 Å². The molecule has 0 bridgehead atoms. The fourth-order valence-electron chi connectivity index (χ4n) is 3.09. The maximum absolute atomic E-state index is 13.0. The first kappa shape index (κ1) is 18.9. The van der Waals surface area contributed by atoms with Gasteiger partial charge in [-0.05, 0) is 31.2 Å². The molecule has 0 spiro atoms. The van der Waals surface area contributed by atoms with E-state index in [1.807, 2.05) is 67.6 Å². The first-order chi connectivity index (χ1) is 14.2. The van der Waals surface area contributed by atoms with Crippen LogP contribution < -0.4 is 10.5 Å². The lowest BCUT2D eigenvalue weighted by Gasteiger charge is -2.21. The molecule has 29 heavy (non-hydrogen) atoms. The van der Waals surface area contributed by atoms with Gasteiger partial charge in [-0.1, -0.05) is 48.2 Å². The smallest absolute Gasteiger partial charge is 0.269 e. The lowest BCUT2D eigenvalue weighted by atomic mass is 10.3. The van der Waals surface area contributed by atoms with Gasteiger partial charge in [0.05, 0.1) is 17.6 Å². The van der Waals surface area contributed by atoms with Crippen LogP contribution in [0.5, 0.6) is 0 Å². The van der Waals surface area contributed by atoms with Gasteiger partial charge in [-0.2, -0.15) is 5.10 Å². The summed E-state index contributed by atoms with van der Waals surface area (Å²) in [5.74, 6) is 0.101. The van der Waals surface area contributed by atoms with Crippen LogP contribution >= 0.6 is 11.8 Å². The van der Waals surface area contributed by atoms with Crippen LogP contribution in [-0.4, -0.2) is 38.0 Å². The van der Waals surface area contributed by atoms with Gasteiger partial charge >= 0.3 is 0 Å². The normalized spacial score (nSPS) is 10.9. The Labute approximate surface area is 171 Å².